The van der Waals surface area contributed by atoms with Gasteiger partial charge < -0.3 is 5.32 Å². The van der Waals surface area contributed by atoms with E-state index in [0.717, 1.165) is 19.4 Å². The van der Waals surface area contributed by atoms with Crippen molar-refractivity contribution in [3.05, 3.63) is 18.0 Å². The number of rotatable bonds is 9. The Bertz CT molecular complexity index is 377. The van der Waals surface area contributed by atoms with E-state index >= 15 is 0 Å². The van der Waals surface area contributed by atoms with E-state index in [0.29, 0.717) is 17.5 Å². The lowest BCUT2D eigenvalue weighted by atomic mass is 9.78. The number of nitrogens with one attached hydrogen (secondary N) is 1. The van der Waals surface area contributed by atoms with Crippen LogP contribution in [0.1, 0.15) is 72.5 Å². The lowest BCUT2D eigenvalue weighted by molar-refractivity contribution is 0.236. The molecule has 1 N–H and O–H groups in total. The average Bonchev–Trinajstić information content (AvgIpc) is 2.91. The van der Waals surface area contributed by atoms with Gasteiger partial charge in [-0.1, -0.05) is 34.6 Å². The molecule has 0 aromatic carbocycles. The molecule has 0 radical (unpaired) electrons. The fourth-order valence-electron chi connectivity index (χ4n) is 2.52. The maximum atomic E-state index is 4.78. The highest BCUT2D eigenvalue weighted by Gasteiger charge is 2.27. The van der Waals surface area contributed by atoms with E-state index in [4.69, 9.17) is 5.10 Å². The molecule has 0 saturated heterocycles. The van der Waals surface area contributed by atoms with Crippen LogP contribution in [-0.4, -0.2) is 22.4 Å². The highest BCUT2D eigenvalue weighted by Crippen LogP contribution is 2.30. The van der Waals surface area contributed by atoms with E-state index in [1.54, 1.807) is 0 Å². The van der Waals surface area contributed by atoms with Gasteiger partial charge in [0, 0.05) is 24.8 Å². The molecule has 0 aliphatic heterocycles. The van der Waals surface area contributed by atoms with Gasteiger partial charge in [0.05, 0.1) is 5.69 Å². The van der Waals surface area contributed by atoms with E-state index in [1.165, 1.54) is 18.5 Å². The summed E-state index contributed by atoms with van der Waals surface area (Å²) >= 11 is 0. The highest BCUT2D eigenvalue weighted by molar-refractivity contribution is 5.04. The molecule has 0 amide bonds. The van der Waals surface area contributed by atoms with Crippen molar-refractivity contribution in [3.63, 3.8) is 0 Å². The minimum absolute atomic E-state index is 0.332. The van der Waals surface area contributed by atoms with Crippen molar-refractivity contribution >= 4 is 0 Å². The minimum atomic E-state index is 0.332. The molecular formula is C17H33N3. The summed E-state index contributed by atoms with van der Waals surface area (Å²) < 4.78 is 2.11. The number of hydrogen-bond donors (Lipinski definition) is 1. The van der Waals surface area contributed by atoms with Crippen molar-refractivity contribution in [2.75, 3.05) is 6.54 Å². The van der Waals surface area contributed by atoms with Crippen molar-refractivity contribution in [1.82, 2.24) is 15.1 Å². The Morgan fingerprint density at radius 2 is 1.85 bits per heavy atom. The quantitative estimate of drug-likeness (QED) is 0.734. The Balaban J connectivity index is 2.76. The molecule has 0 fully saturated rings. The zero-order valence-electron chi connectivity index (χ0n) is 14.2. The van der Waals surface area contributed by atoms with Crippen LogP contribution in [-0.2, 0) is 6.42 Å². The Morgan fingerprint density at radius 3 is 2.35 bits per heavy atom. The molecule has 3 heteroatoms. The third-order valence-electron chi connectivity index (χ3n) is 4.65. The molecule has 0 spiro atoms. The minimum Gasteiger partial charge on any atom is -0.314 e. The normalized spacial score (nSPS) is 13.9. The van der Waals surface area contributed by atoms with Crippen LogP contribution >= 0.6 is 0 Å². The standard InChI is InChI=1S/C17H33N3/c1-7-15(6)20-11-10-16(19-20)12-17(8-2,9-3)13-18-14(4)5/h10-11,14-15,18H,7-9,12-13H2,1-6H3. The lowest BCUT2D eigenvalue weighted by Crippen LogP contribution is -2.38. The molecule has 1 atom stereocenters. The largest absolute Gasteiger partial charge is 0.314 e. The molecule has 0 aliphatic rings. The molecule has 3 nitrogen and oxygen atoms in total. The molecule has 0 saturated carbocycles. The third kappa shape index (κ3) is 4.62. The molecule has 0 aliphatic carbocycles. The van der Waals surface area contributed by atoms with Gasteiger partial charge in [0.15, 0.2) is 0 Å². The first-order valence-corrected chi connectivity index (χ1v) is 8.23. The van der Waals surface area contributed by atoms with Crippen LogP contribution in [0, 0.1) is 5.41 Å². The van der Waals surface area contributed by atoms with Crippen LogP contribution in [0.5, 0.6) is 0 Å². The van der Waals surface area contributed by atoms with Crippen LogP contribution in [0.3, 0.4) is 0 Å². The Hall–Kier alpha value is -0.830. The summed E-state index contributed by atoms with van der Waals surface area (Å²) in [5.41, 5.74) is 1.57. The van der Waals surface area contributed by atoms with E-state index in [2.05, 4.69) is 63.8 Å². The fourth-order valence-corrected chi connectivity index (χ4v) is 2.52. The van der Waals surface area contributed by atoms with Gasteiger partial charge in [-0.2, -0.15) is 5.10 Å². The van der Waals surface area contributed by atoms with E-state index in [1.807, 2.05) is 0 Å². The fraction of sp³-hybridized carbons (Fsp3) is 0.824. The smallest absolute Gasteiger partial charge is 0.0630 e. The predicted molar refractivity (Wildman–Crippen MR) is 87.1 cm³/mol. The summed E-state index contributed by atoms with van der Waals surface area (Å²) in [5, 5.41) is 8.39. The Kier molecular flexibility index (Phi) is 6.74. The Morgan fingerprint density at radius 1 is 1.20 bits per heavy atom. The van der Waals surface area contributed by atoms with Crippen LogP contribution in [0.15, 0.2) is 12.3 Å². The van der Waals surface area contributed by atoms with Crippen molar-refractivity contribution in [3.8, 4) is 0 Å². The first-order valence-electron chi connectivity index (χ1n) is 8.23. The van der Waals surface area contributed by atoms with Crippen molar-refractivity contribution in [1.29, 1.82) is 0 Å². The van der Waals surface area contributed by atoms with Crippen LogP contribution in [0.4, 0.5) is 0 Å². The van der Waals surface area contributed by atoms with Crippen molar-refractivity contribution in [2.45, 2.75) is 79.3 Å². The second-order valence-electron chi connectivity index (χ2n) is 6.46. The van der Waals surface area contributed by atoms with Crippen molar-refractivity contribution < 1.29 is 0 Å². The molecule has 20 heavy (non-hydrogen) atoms. The molecular weight excluding hydrogens is 246 g/mol. The molecule has 1 unspecified atom stereocenters. The zero-order chi connectivity index (χ0) is 15.2. The van der Waals surface area contributed by atoms with Gasteiger partial charge in [-0.05, 0) is 44.1 Å². The average molecular weight is 279 g/mol. The summed E-state index contributed by atoms with van der Waals surface area (Å²) in [4.78, 5) is 0. The Labute approximate surface area is 125 Å². The SMILES string of the molecule is CCC(C)n1ccc(CC(CC)(CC)CNC(C)C)n1. The first-order chi connectivity index (χ1) is 9.46. The number of aromatic nitrogens is 2. The highest BCUT2D eigenvalue weighted by atomic mass is 15.3. The monoisotopic (exact) mass is 279 g/mol. The summed E-state index contributed by atoms with van der Waals surface area (Å²) in [6, 6.07) is 3.24. The van der Waals surface area contributed by atoms with Crippen LogP contribution in [0.25, 0.3) is 0 Å². The molecule has 1 heterocycles. The number of hydrogen-bond acceptors (Lipinski definition) is 2. The van der Waals surface area contributed by atoms with Gasteiger partial charge in [0.1, 0.15) is 0 Å². The molecule has 116 valence electrons. The van der Waals surface area contributed by atoms with Crippen molar-refractivity contribution in [2.24, 2.45) is 5.41 Å². The van der Waals surface area contributed by atoms with Crippen LogP contribution < -0.4 is 5.32 Å². The summed E-state index contributed by atoms with van der Waals surface area (Å²) in [6.07, 6.45) is 6.72. The molecule has 1 aromatic heterocycles. The maximum absolute atomic E-state index is 4.78. The van der Waals surface area contributed by atoms with Gasteiger partial charge in [-0.15, -0.1) is 0 Å². The summed E-state index contributed by atoms with van der Waals surface area (Å²) in [5.74, 6) is 0. The topological polar surface area (TPSA) is 29.9 Å². The zero-order valence-corrected chi connectivity index (χ0v) is 14.2. The first kappa shape index (κ1) is 17.2. The second-order valence-corrected chi connectivity index (χ2v) is 6.46. The summed E-state index contributed by atoms with van der Waals surface area (Å²) in [7, 11) is 0. The van der Waals surface area contributed by atoms with Gasteiger partial charge in [-0.3, -0.25) is 4.68 Å². The molecule has 1 rings (SSSR count). The molecule has 1 aromatic rings. The third-order valence-corrected chi connectivity index (χ3v) is 4.65. The maximum Gasteiger partial charge on any atom is 0.0630 e. The van der Waals surface area contributed by atoms with E-state index in [-0.39, 0.29) is 0 Å². The van der Waals surface area contributed by atoms with Gasteiger partial charge in [-0.25, -0.2) is 0 Å². The van der Waals surface area contributed by atoms with Gasteiger partial charge >= 0.3 is 0 Å². The molecule has 0 bridgehead atoms. The second kappa shape index (κ2) is 7.82. The predicted octanol–water partition coefficient (Wildman–Crippen LogP) is 4.20. The number of nitrogens with zero attached hydrogens (tertiary/aromatic N) is 2. The van der Waals surface area contributed by atoms with E-state index in [9.17, 15) is 0 Å². The summed E-state index contributed by atoms with van der Waals surface area (Å²) in [6.45, 7) is 14.6. The van der Waals surface area contributed by atoms with Gasteiger partial charge in [0.25, 0.3) is 0 Å². The van der Waals surface area contributed by atoms with E-state index < -0.39 is 0 Å². The lowest BCUT2D eigenvalue weighted by Gasteiger charge is -2.32. The van der Waals surface area contributed by atoms with Gasteiger partial charge in [0.2, 0.25) is 0 Å². The van der Waals surface area contributed by atoms with Crippen LogP contribution in [0.2, 0.25) is 0 Å².